The van der Waals surface area contributed by atoms with E-state index >= 15 is 0 Å². The molecule has 0 atom stereocenters. The fraction of sp³-hybridized carbons (Fsp3) is 0. The van der Waals surface area contributed by atoms with E-state index in [1.165, 1.54) is 6.07 Å². The van der Waals surface area contributed by atoms with Crippen molar-refractivity contribution in [1.82, 2.24) is 5.32 Å². The SMILES string of the molecule is Fc1cc2c(cc1Cl)=C[N]C=2. The molecule has 1 aromatic rings. The van der Waals surface area contributed by atoms with E-state index in [1.54, 1.807) is 18.5 Å². The maximum Gasteiger partial charge on any atom is 0.142 e. The Morgan fingerprint density at radius 2 is 1.82 bits per heavy atom. The van der Waals surface area contributed by atoms with Gasteiger partial charge < -0.3 is 0 Å². The summed E-state index contributed by atoms with van der Waals surface area (Å²) in [5.41, 5.74) is 0. The lowest BCUT2D eigenvalue weighted by Crippen LogP contribution is -2.21. The Morgan fingerprint density at radius 3 is 2.55 bits per heavy atom. The number of nitrogens with zero attached hydrogens (tertiary/aromatic N) is 1. The van der Waals surface area contributed by atoms with Gasteiger partial charge in [0.1, 0.15) is 5.82 Å². The summed E-state index contributed by atoms with van der Waals surface area (Å²) >= 11 is 5.54. The molecule has 0 bridgehead atoms. The fourth-order valence-electron chi connectivity index (χ4n) is 0.999. The van der Waals surface area contributed by atoms with Crippen LogP contribution in [-0.2, 0) is 0 Å². The van der Waals surface area contributed by atoms with Gasteiger partial charge >= 0.3 is 0 Å². The third-order valence-electron chi connectivity index (χ3n) is 1.55. The molecule has 0 spiro atoms. The highest BCUT2D eigenvalue weighted by Gasteiger charge is 2.01. The van der Waals surface area contributed by atoms with Crippen LogP contribution >= 0.6 is 11.6 Å². The van der Waals surface area contributed by atoms with Crippen molar-refractivity contribution in [3.8, 4) is 0 Å². The van der Waals surface area contributed by atoms with Crippen LogP contribution in [0.15, 0.2) is 12.1 Å². The van der Waals surface area contributed by atoms with Crippen LogP contribution < -0.4 is 15.8 Å². The average molecular weight is 169 g/mol. The normalized spacial score (nSPS) is 12.9. The van der Waals surface area contributed by atoms with Crippen molar-refractivity contribution < 1.29 is 4.39 Å². The van der Waals surface area contributed by atoms with Crippen LogP contribution in [-0.4, -0.2) is 0 Å². The van der Waals surface area contributed by atoms with E-state index in [2.05, 4.69) is 5.32 Å². The number of hydrogen-bond donors (Lipinski definition) is 0. The molecule has 0 saturated heterocycles. The Labute approximate surface area is 67.8 Å². The van der Waals surface area contributed by atoms with Crippen LogP contribution in [0.2, 0.25) is 5.02 Å². The molecule has 0 amide bonds. The van der Waals surface area contributed by atoms with Gasteiger partial charge in [-0.2, -0.15) is 0 Å². The Bertz CT molecular complexity index is 372. The maximum atomic E-state index is 12.8. The van der Waals surface area contributed by atoms with E-state index in [0.717, 1.165) is 10.4 Å². The van der Waals surface area contributed by atoms with Gasteiger partial charge in [0.05, 0.1) is 5.02 Å². The maximum absolute atomic E-state index is 12.8. The molecule has 0 aromatic heterocycles. The second-order valence-corrected chi connectivity index (χ2v) is 2.71. The molecule has 0 fully saturated rings. The summed E-state index contributed by atoms with van der Waals surface area (Å²) in [6, 6.07) is 2.95. The van der Waals surface area contributed by atoms with Crippen LogP contribution in [0.4, 0.5) is 4.39 Å². The number of hydrogen-bond acceptors (Lipinski definition) is 0. The molecule has 1 nitrogen and oxygen atoms in total. The van der Waals surface area contributed by atoms with Crippen molar-refractivity contribution in [2.24, 2.45) is 0 Å². The van der Waals surface area contributed by atoms with Crippen LogP contribution in [0.5, 0.6) is 0 Å². The van der Waals surface area contributed by atoms with Gasteiger partial charge in [-0.3, -0.25) is 5.32 Å². The largest absolute Gasteiger partial charge is 0.263 e. The average Bonchev–Trinajstić information content (AvgIpc) is 2.36. The van der Waals surface area contributed by atoms with Gasteiger partial charge in [0.25, 0.3) is 0 Å². The first-order valence-corrected chi connectivity index (χ1v) is 3.50. The van der Waals surface area contributed by atoms with Crippen molar-refractivity contribution in [3.05, 3.63) is 33.4 Å². The molecule has 0 unspecified atom stereocenters. The summed E-state index contributed by atoms with van der Waals surface area (Å²) < 4.78 is 12.8. The van der Waals surface area contributed by atoms with E-state index in [9.17, 15) is 4.39 Å². The topological polar surface area (TPSA) is 14.1 Å². The molecule has 1 aromatic carbocycles. The summed E-state index contributed by atoms with van der Waals surface area (Å²) in [7, 11) is 0. The summed E-state index contributed by atoms with van der Waals surface area (Å²) in [4.78, 5) is 0. The Balaban J connectivity index is 2.88. The van der Waals surface area contributed by atoms with Crippen LogP contribution in [0, 0.1) is 5.82 Å². The molecule has 1 radical (unpaired) electrons. The molecule has 1 heterocycles. The minimum absolute atomic E-state index is 0.144. The molecule has 1 aliphatic heterocycles. The Hall–Kier alpha value is -1.02. The lowest BCUT2D eigenvalue weighted by molar-refractivity contribution is 0.626. The van der Waals surface area contributed by atoms with Gasteiger partial charge in [-0.05, 0) is 12.1 Å². The highest BCUT2D eigenvalue weighted by atomic mass is 35.5. The lowest BCUT2D eigenvalue weighted by Gasteiger charge is -1.90. The molecule has 55 valence electrons. The zero-order chi connectivity index (χ0) is 7.84. The summed E-state index contributed by atoms with van der Waals surface area (Å²) in [5.74, 6) is -0.396. The molecule has 0 saturated carbocycles. The van der Waals surface area contributed by atoms with Crippen molar-refractivity contribution in [2.75, 3.05) is 0 Å². The summed E-state index contributed by atoms with van der Waals surface area (Å²) in [6.45, 7) is 0. The Kier molecular flexibility index (Phi) is 1.36. The first-order chi connectivity index (χ1) is 5.27. The molecule has 0 N–H and O–H groups in total. The Morgan fingerprint density at radius 1 is 1.18 bits per heavy atom. The molecular formula is C8H4ClFN. The number of rotatable bonds is 0. The second-order valence-electron chi connectivity index (χ2n) is 2.30. The molecule has 3 heteroatoms. The van der Waals surface area contributed by atoms with Crippen LogP contribution in [0.1, 0.15) is 0 Å². The predicted octanol–water partition coefficient (Wildman–Crippen LogP) is 0.573. The van der Waals surface area contributed by atoms with Crippen molar-refractivity contribution in [2.45, 2.75) is 0 Å². The van der Waals surface area contributed by atoms with Gasteiger partial charge in [-0.15, -0.1) is 0 Å². The zero-order valence-electron chi connectivity index (χ0n) is 5.51. The van der Waals surface area contributed by atoms with Gasteiger partial charge in [0.15, 0.2) is 0 Å². The molecule has 0 aliphatic carbocycles. The number of benzene rings is 1. The summed E-state index contributed by atoms with van der Waals surface area (Å²) in [5, 5.41) is 5.66. The number of fused-ring (bicyclic) bond motifs is 1. The molecule has 1 aliphatic rings. The van der Waals surface area contributed by atoms with Gasteiger partial charge in [0.2, 0.25) is 0 Å². The first-order valence-electron chi connectivity index (χ1n) is 3.13. The summed E-state index contributed by atoms with van der Waals surface area (Å²) in [6.07, 6.45) is 3.26. The van der Waals surface area contributed by atoms with E-state index in [1.807, 2.05) is 0 Å². The standard InChI is InChI=1S/C8H4ClFN/c9-7-1-5-3-11-4-6(5)2-8(7)10/h1-4H. The van der Waals surface area contributed by atoms with Gasteiger partial charge in [0, 0.05) is 22.8 Å². The van der Waals surface area contributed by atoms with Crippen molar-refractivity contribution in [1.29, 1.82) is 0 Å². The smallest absolute Gasteiger partial charge is 0.142 e. The lowest BCUT2D eigenvalue weighted by atomic mass is 10.2. The van der Waals surface area contributed by atoms with Crippen LogP contribution in [0.3, 0.4) is 0 Å². The first kappa shape index (κ1) is 6.68. The predicted molar refractivity (Wildman–Crippen MR) is 41.7 cm³/mol. The van der Waals surface area contributed by atoms with E-state index < -0.39 is 5.82 Å². The fourth-order valence-corrected chi connectivity index (χ4v) is 1.17. The van der Waals surface area contributed by atoms with Crippen molar-refractivity contribution >= 4 is 24.0 Å². The quantitative estimate of drug-likeness (QED) is 0.538. The molecular weight excluding hydrogens is 165 g/mol. The monoisotopic (exact) mass is 168 g/mol. The van der Waals surface area contributed by atoms with E-state index in [0.29, 0.717) is 0 Å². The number of halogens is 2. The molecule has 11 heavy (non-hydrogen) atoms. The van der Waals surface area contributed by atoms with E-state index in [4.69, 9.17) is 11.6 Å². The highest BCUT2D eigenvalue weighted by Crippen LogP contribution is 2.08. The van der Waals surface area contributed by atoms with Gasteiger partial charge in [-0.25, -0.2) is 4.39 Å². The minimum atomic E-state index is -0.396. The van der Waals surface area contributed by atoms with Crippen LogP contribution in [0.25, 0.3) is 12.4 Å². The highest BCUT2D eigenvalue weighted by molar-refractivity contribution is 6.30. The minimum Gasteiger partial charge on any atom is -0.263 e. The van der Waals surface area contributed by atoms with E-state index in [-0.39, 0.29) is 5.02 Å². The third kappa shape index (κ3) is 0.994. The third-order valence-corrected chi connectivity index (χ3v) is 1.84. The van der Waals surface area contributed by atoms with Crippen molar-refractivity contribution in [3.63, 3.8) is 0 Å². The second kappa shape index (κ2) is 2.24. The molecule has 2 rings (SSSR count). The van der Waals surface area contributed by atoms with Gasteiger partial charge in [-0.1, -0.05) is 11.6 Å². The zero-order valence-corrected chi connectivity index (χ0v) is 6.27.